The Hall–Kier alpha value is -3.28. The summed E-state index contributed by atoms with van der Waals surface area (Å²) >= 11 is 0. The monoisotopic (exact) mass is 409 g/mol. The maximum atomic E-state index is 13.3. The Morgan fingerprint density at radius 3 is 2.10 bits per heavy atom. The van der Waals surface area contributed by atoms with Gasteiger partial charge in [0.05, 0.1) is 26.2 Å². The summed E-state index contributed by atoms with van der Waals surface area (Å²) in [5.41, 5.74) is 2.10. The molecule has 0 unspecified atom stereocenters. The molecule has 3 aromatic rings. The first-order valence-corrected chi connectivity index (χ1v) is 9.73. The molecule has 0 spiro atoms. The molecule has 0 N–H and O–H groups in total. The normalized spacial score (nSPS) is 11.4. The largest absolute Gasteiger partial charge is 0.497 e. The Morgan fingerprint density at radius 1 is 0.933 bits per heavy atom. The maximum Gasteiger partial charge on any atom is 0.310 e. The number of aromatic nitrogens is 1. The summed E-state index contributed by atoms with van der Waals surface area (Å²) in [6, 6.07) is 12.4. The lowest BCUT2D eigenvalue weighted by Crippen LogP contribution is -2.25. The van der Waals surface area contributed by atoms with Crippen LogP contribution in [-0.2, 0) is 16.0 Å². The number of benzene rings is 2. The zero-order chi connectivity index (χ0) is 22.1. The average Bonchev–Trinajstić information content (AvgIpc) is 2.97. The van der Waals surface area contributed by atoms with Crippen molar-refractivity contribution in [3.05, 3.63) is 59.3 Å². The summed E-state index contributed by atoms with van der Waals surface area (Å²) in [4.78, 5) is 25.9. The number of esters is 1. The number of hydrogen-bond donors (Lipinski definition) is 0. The molecule has 0 saturated heterocycles. The zero-order valence-corrected chi connectivity index (χ0v) is 18.2. The summed E-state index contributed by atoms with van der Waals surface area (Å²) in [6.07, 6.45) is 0.0651. The summed E-state index contributed by atoms with van der Waals surface area (Å²) in [5, 5.41) is 0.791. The standard InChI is InChI=1S/C24H27NO5/c1-15-19(14-22(26)30-24(2,3)4)20-13-18(29-6)11-12-21(20)25(15)23(27)16-7-9-17(28-5)10-8-16/h7-13H,14H2,1-6H3. The summed E-state index contributed by atoms with van der Waals surface area (Å²) in [5.74, 6) is 0.808. The average molecular weight is 409 g/mol. The first kappa shape index (κ1) is 21.4. The van der Waals surface area contributed by atoms with Gasteiger partial charge in [-0.2, -0.15) is 0 Å². The van der Waals surface area contributed by atoms with Gasteiger partial charge in [0.2, 0.25) is 0 Å². The predicted molar refractivity (Wildman–Crippen MR) is 115 cm³/mol. The highest BCUT2D eigenvalue weighted by atomic mass is 16.6. The number of methoxy groups -OCH3 is 2. The molecule has 0 radical (unpaired) electrons. The molecule has 0 aliphatic rings. The molecule has 6 nitrogen and oxygen atoms in total. The van der Waals surface area contributed by atoms with E-state index in [0.717, 1.165) is 10.9 Å². The highest BCUT2D eigenvalue weighted by molar-refractivity contribution is 6.05. The van der Waals surface area contributed by atoms with Crippen LogP contribution in [0.5, 0.6) is 11.5 Å². The second kappa shape index (κ2) is 8.22. The van der Waals surface area contributed by atoms with Crippen LogP contribution in [0.15, 0.2) is 42.5 Å². The fraction of sp³-hybridized carbons (Fsp3) is 0.333. The first-order chi connectivity index (χ1) is 14.1. The van der Waals surface area contributed by atoms with Gasteiger partial charge in [-0.15, -0.1) is 0 Å². The third-order valence-corrected chi connectivity index (χ3v) is 4.82. The molecule has 3 rings (SSSR count). The molecule has 0 bridgehead atoms. The Kier molecular flexibility index (Phi) is 5.87. The van der Waals surface area contributed by atoms with Gasteiger partial charge in [-0.25, -0.2) is 0 Å². The van der Waals surface area contributed by atoms with Crippen molar-refractivity contribution in [1.82, 2.24) is 4.57 Å². The van der Waals surface area contributed by atoms with E-state index < -0.39 is 5.60 Å². The van der Waals surface area contributed by atoms with Gasteiger partial charge in [-0.1, -0.05) is 0 Å². The van der Waals surface area contributed by atoms with Crippen LogP contribution in [0.25, 0.3) is 10.9 Å². The number of carbonyl (C=O) groups is 2. The molecule has 1 heterocycles. The van der Waals surface area contributed by atoms with Crippen molar-refractivity contribution in [1.29, 1.82) is 0 Å². The van der Waals surface area contributed by atoms with Gasteiger partial charge in [0.15, 0.2) is 0 Å². The highest BCUT2D eigenvalue weighted by Crippen LogP contribution is 2.31. The van der Waals surface area contributed by atoms with Crippen LogP contribution in [0.2, 0.25) is 0 Å². The summed E-state index contributed by atoms with van der Waals surface area (Å²) in [6.45, 7) is 7.33. The maximum absolute atomic E-state index is 13.3. The third kappa shape index (κ3) is 4.32. The summed E-state index contributed by atoms with van der Waals surface area (Å²) in [7, 11) is 3.16. The van der Waals surface area contributed by atoms with Gasteiger partial charge in [-0.3, -0.25) is 14.2 Å². The van der Waals surface area contributed by atoms with Crippen molar-refractivity contribution < 1.29 is 23.8 Å². The summed E-state index contributed by atoms with van der Waals surface area (Å²) < 4.78 is 17.7. The molecule has 0 aliphatic carbocycles. The Balaban J connectivity index is 2.11. The molecule has 0 fully saturated rings. The number of fused-ring (bicyclic) bond motifs is 1. The molecule has 0 aliphatic heterocycles. The van der Waals surface area contributed by atoms with Crippen LogP contribution in [0.3, 0.4) is 0 Å². The minimum absolute atomic E-state index is 0.0651. The highest BCUT2D eigenvalue weighted by Gasteiger charge is 2.24. The van der Waals surface area contributed by atoms with Gasteiger partial charge in [0.25, 0.3) is 5.91 Å². The van der Waals surface area contributed by atoms with Gasteiger partial charge in [0.1, 0.15) is 17.1 Å². The van der Waals surface area contributed by atoms with Crippen molar-refractivity contribution in [2.75, 3.05) is 14.2 Å². The van der Waals surface area contributed by atoms with Gasteiger partial charge >= 0.3 is 5.97 Å². The Labute approximate surface area is 176 Å². The minimum atomic E-state index is -0.583. The van der Waals surface area contributed by atoms with Crippen molar-refractivity contribution >= 4 is 22.8 Å². The number of ether oxygens (including phenoxy) is 3. The van der Waals surface area contributed by atoms with E-state index in [9.17, 15) is 9.59 Å². The smallest absolute Gasteiger partial charge is 0.310 e. The number of hydrogen-bond acceptors (Lipinski definition) is 5. The fourth-order valence-corrected chi connectivity index (χ4v) is 3.46. The molecule has 0 saturated carbocycles. The molecular weight excluding hydrogens is 382 g/mol. The van der Waals surface area contributed by atoms with E-state index in [-0.39, 0.29) is 18.3 Å². The van der Waals surface area contributed by atoms with Gasteiger partial charge < -0.3 is 14.2 Å². The molecule has 0 atom stereocenters. The van der Waals surface area contributed by atoms with E-state index >= 15 is 0 Å². The molecule has 1 aromatic heterocycles. The molecule has 30 heavy (non-hydrogen) atoms. The Bertz CT molecular complexity index is 1090. The molecule has 0 amide bonds. The Morgan fingerprint density at radius 2 is 1.53 bits per heavy atom. The minimum Gasteiger partial charge on any atom is -0.497 e. The number of carbonyl (C=O) groups excluding carboxylic acids is 2. The molecule has 158 valence electrons. The van der Waals surface area contributed by atoms with Gasteiger partial charge in [0, 0.05) is 16.6 Å². The third-order valence-electron chi connectivity index (χ3n) is 4.82. The topological polar surface area (TPSA) is 66.8 Å². The first-order valence-electron chi connectivity index (χ1n) is 9.73. The van der Waals surface area contributed by atoms with Crippen LogP contribution in [0.1, 0.15) is 42.4 Å². The lowest BCUT2D eigenvalue weighted by atomic mass is 10.1. The van der Waals surface area contributed by atoms with Crippen LogP contribution >= 0.6 is 0 Å². The second-order valence-electron chi connectivity index (χ2n) is 8.08. The predicted octanol–water partition coefficient (Wildman–Crippen LogP) is 4.54. The van der Waals surface area contributed by atoms with Crippen molar-refractivity contribution in [3.8, 4) is 11.5 Å². The van der Waals surface area contributed by atoms with Crippen molar-refractivity contribution in [2.24, 2.45) is 0 Å². The van der Waals surface area contributed by atoms with E-state index in [2.05, 4.69) is 0 Å². The van der Waals surface area contributed by atoms with E-state index in [4.69, 9.17) is 14.2 Å². The molecule has 2 aromatic carbocycles. The van der Waals surface area contributed by atoms with E-state index in [1.165, 1.54) is 0 Å². The van der Waals surface area contributed by atoms with Crippen molar-refractivity contribution in [2.45, 2.75) is 39.7 Å². The number of nitrogens with zero attached hydrogens (tertiary/aromatic N) is 1. The lowest BCUT2D eigenvalue weighted by Gasteiger charge is -2.19. The van der Waals surface area contributed by atoms with E-state index in [1.54, 1.807) is 49.1 Å². The van der Waals surface area contributed by atoms with Crippen LogP contribution < -0.4 is 9.47 Å². The lowest BCUT2D eigenvalue weighted by molar-refractivity contribution is -0.153. The quantitative estimate of drug-likeness (QED) is 0.579. The van der Waals surface area contributed by atoms with Gasteiger partial charge in [-0.05, 0) is 75.7 Å². The fourth-order valence-electron chi connectivity index (χ4n) is 3.46. The van der Waals surface area contributed by atoms with E-state index in [0.29, 0.717) is 28.3 Å². The zero-order valence-electron chi connectivity index (χ0n) is 18.2. The molecular formula is C24H27NO5. The van der Waals surface area contributed by atoms with Crippen LogP contribution in [0, 0.1) is 6.92 Å². The SMILES string of the molecule is COc1ccc(C(=O)n2c(C)c(CC(=O)OC(C)(C)C)c3cc(OC)ccc32)cc1. The van der Waals surface area contributed by atoms with Crippen molar-refractivity contribution in [3.63, 3.8) is 0 Å². The molecule has 6 heteroatoms. The van der Waals surface area contributed by atoms with E-state index in [1.807, 2.05) is 39.8 Å². The second-order valence-corrected chi connectivity index (χ2v) is 8.08. The van der Waals surface area contributed by atoms with Crippen LogP contribution in [0.4, 0.5) is 0 Å². The number of rotatable bonds is 5. The van der Waals surface area contributed by atoms with Crippen LogP contribution in [-0.4, -0.2) is 36.3 Å².